The second-order valence-electron chi connectivity index (χ2n) is 7.90. The first-order valence-electron chi connectivity index (χ1n) is 10.0. The van der Waals surface area contributed by atoms with Crippen LogP contribution in [-0.2, 0) is 10.2 Å². The summed E-state index contributed by atoms with van der Waals surface area (Å²) in [6, 6.07) is 18.6. The summed E-state index contributed by atoms with van der Waals surface area (Å²) in [4.78, 5) is 16.4. The van der Waals surface area contributed by atoms with E-state index in [9.17, 15) is 4.79 Å². The van der Waals surface area contributed by atoms with Gasteiger partial charge in [0, 0.05) is 14.1 Å². The maximum absolute atomic E-state index is 13.9. The molecule has 1 fully saturated rings. The normalized spacial score (nSPS) is 23.1. The van der Waals surface area contributed by atoms with E-state index < -0.39 is 5.41 Å². The van der Waals surface area contributed by atoms with Crippen molar-refractivity contribution < 1.29 is 4.79 Å². The maximum atomic E-state index is 13.9. The predicted octanol–water partition coefficient (Wildman–Crippen LogP) is 3.67. The summed E-state index contributed by atoms with van der Waals surface area (Å²) in [7, 11) is 3.89. The smallest absolute Gasteiger partial charge is 0.256 e. The first-order chi connectivity index (χ1) is 13.1. The number of fused-ring (bicyclic) bond motifs is 1. The van der Waals surface area contributed by atoms with Crippen LogP contribution in [0.3, 0.4) is 0 Å². The fourth-order valence-corrected chi connectivity index (χ4v) is 4.72. The summed E-state index contributed by atoms with van der Waals surface area (Å²) < 4.78 is 0. The van der Waals surface area contributed by atoms with Gasteiger partial charge in [0.25, 0.3) is 5.91 Å². The lowest BCUT2D eigenvalue weighted by Crippen LogP contribution is -2.48. The number of hydrogen-bond donors (Lipinski definition) is 0. The molecule has 0 N–H and O–H groups in total. The van der Waals surface area contributed by atoms with Crippen molar-refractivity contribution in [1.82, 2.24) is 9.91 Å². The Kier molecular flexibility index (Phi) is 5.02. The highest BCUT2D eigenvalue weighted by Crippen LogP contribution is 2.48. The molecule has 1 amide bonds. The van der Waals surface area contributed by atoms with Crippen LogP contribution in [-0.4, -0.2) is 49.5 Å². The van der Waals surface area contributed by atoms with E-state index in [0.717, 1.165) is 42.9 Å². The molecule has 2 heterocycles. The Morgan fingerprint density at radius 1 is 0.926 bits per heavy atom. The largest absolute Gasteiger partial charge is 0.303 e. The first-order valence-corrected chi connectivity index (χ1v) is 10.0. The third-order valence-electron chi connectivity index (χ3n) is 6.07. The van der Waals surface area contributed by atoms with E-state index in [1.165, 1.54) is 19.3 Å². The molecular formula is C23H29N3O. The maximum Gasteiger partial charge on any atom is 0.256 e. The third-order valence-corrected chi connectivity index (χ3v) is 6.07. The number of anilines is 1. The summed E-state index contributed by atoms with van der Waals surface area (Å²) in [6.45, 7) is 3.26. The Labute approximate surface area is 162 Å². The highest BCUT2D eigenvalue weighted by atomic mass is 16.2. The second-order valence-corrected chi connectivity index (χ2v) is 7.90. The van der Waals surface area contributed by atoms with Crippen LogP contribution in [0.5, 0.6) is 0 Å². The molecule has 0 bridgehead atoms. The number of carbonyl (C=O) groups is 1. The quantitative estimate of drug-likeness (QED) is 0.811. The molecule has 0 spiro atoms. The van der Waals surface area contributed by atoms with Gasteiger partial charge in [-0.15, -0.1) is 0 Å². The number of likely N-dealkylation sites (tertiary alicyclic amines) is 1. The number of rotatable bonds is 5. The molecule has 0 saturated carbocycles. The number of amides is 1. The number of hydrogen-bond acceptors (Lipinski definition) is 3. The van der Waals surface area contributed by atoms with Crippen LogP contribution in [0.4, 0.5) is 5.69 Å². The topological polar surface area (TPSA) is 26.8 Å². The Morgan fingerprint density at radius 3 is 2.30 bits per heavy atom. The number of nitrogens with zero attached hydrogens (tertiary/aromatic N) is 3. The summed E-state index contributed by atoms with van der Waals surface area (Å²) in [6.07, 6.45) is 4.69. The number of piperidine rings is 1. The van der Waals surface area contributed by atoms with Crippen LogP contribution < -0.4 is 5.01 Å². The van der Waals surface area contributed by atoms with Crippen LogP contribution in [0, 0.1) is 0 Å². The average Bonchev–Trinajstić information content (AvgIpc) is 2.97. The SMILES string of the molecule is CN(C)N1C(=O)[C@@](CCN2CCCCC2)(c2ccccc2)c2ccccc21. The van der Waals surface area contributed by atoms with Gasteiger partial charge < -0.3 is 4.90 Å². The van der Waals surface area contributed by atoms with E-state index in [-0.39, 0.29) is 5.91 Å². The molecule has 142 valence electrons. The Hall–Kier alpha value is -2.17. The Bertz CT molecular complexity index is 798. The van der Waals surface area contributed by atoms with Gasteiger partial charge in [-0.1, -0.05) is 55.0 Å². The zero-order chi connectivity index (χ0) is 18.9. The molecule has 0 radical (unpaired) electrons. The van der Waals surface area contributed by atoms with E-state index in [1.807, 2.05) is 48.4 Å². The molecule has 0 aromatic heterocycles. The van der Waals surface area contributed by atoms with Crippen molar-refractivity contribution in [2.24, 2.45) is 0 Å². The third kappa shape index (κ3) is 3.07. The van der Waals surface area contributed by atoms with Gasteiger partial charge in [0.05, 0.1) is 5.69 Å². The first kappa shape index (κ1) is 18.2. The zero-order valence-corrected chi connectivity index (χ0v) is 16.4. The van der Waals surface area contributed by atoms with Crippen molar-refractivity contribution in [3.63, 3.8) is 0 Å². The van der Waals surface area contributed by atoms with Gasteiger partial charge in [-0.2, -0.15) is 0 Å². The van der Waals surface area contributed by atoms with Gasteiger partial charge in [-0.25, -0.2) is 10.0 Å². The minimum atomic E-state index is -0.612. The lowest BCUT2D eigenvalue weighted by atomic mass is 9.72. The number of benzene rings is 2. The van der Waals surface area contributed by atoms with Crippen molar-refractivity contribution in [2.45, 2.75) is 31.1 Å². The van der Waals surface area contributed by atoms with E-state index >= 15 is 0 Å². The van der Waals surface area contributed by atoms with Gasteiger partial charge in [0.2, 0.25) is 0 Å². The van der Waals surface area contributed by atoms with E-state index in [1.54, 1.807) is 0 Å². The van der Waals surface area contributed by atoms with E-state index in [2.05, 4.69) is 35.2 Å². The molecule has 2 aromatic carbocycles. The minimum Gasteiger partial charge on any atom is -0.303 e. The average molecular weight is 364 g/mol. The van der Waals surface area contributed by atoms with Crippen LogP contribution in [0.15, 0.2) is 54.6 Å². The summed E-state index contributed by atoms with van der Waals surface area (Å²) in [5.41, 5.74) is 2.63. The van der Waals surface area contributed by atoms with Crippen LogP contribution in [0.2, 0.25) is 0 Å². The summed E-state index contributed by atoms with van der Waals surface area (Å²) in [5, 5.41) is 3.76. The van der Waals surface area contributed by atoms with Crippen molar-refractivity contribution in [3.8, 4) is 0 Å². The molecule has 2 aliphatic rings. The molecule has 2 aliphatic heterocycles. The second kappa shape index (κ2) is 7.45. The fraction of sp³-hybridized carbons (Fsp3) is 0.435. The van der Waals surface area contributed by atoms with E-state index in [4.69, 9.17) is 0 Å². The van der Waals surface area contributed by atoms with Crippen molar-refractivity contribution in [1.29, 1.82) is 0 Å². The van der Waals surface area contributed by atoms with Gasteiger partial charge in [-0.05, 0) is 56.1 Å². The summed E-state index contributed by atoms with van der Waals surface area (Å²) in [5.74, 6) is 0.164. The monoisotopic (exact) mass is 363 g/mol. The molecule has 27 heavy (non-hydrogen) atoms. The number of hydrazine groups is 1. The lowest BCUT2D eigenvalue weighted by Gasteiger charge is -2.34. The minimum absolute atomic E-state index is 0.164. The molecule has 0 unspecified atom stereocenters. The standard InChI is InChI=1S/C23H29N3O/c1-24(2)26-21-14-8-7-13-20(21)23(22(26)27,19-11-5-3-6-12-19)15-18-25-16-9-4-10-17-25/h3,5-8,11-14H,4,9-10,15-18H2,1-2H3/t23-/m0/s1. The van der Waals surface area contributed by atoms with Gasteiger partial charge in [0.1, 0.15) is 5.41 Å². The highest BCUT2D eigenvalue weighted by molar-refractivity contribution is 6.09. The van der Waals surface area contributed by atoms with E-state index in [0.29, 0.717) is 0 Å². The molecule has 2 aromatic rings. The predicted molar refractivity (Wildman–Crippen MR) is 110 cm³/mol. The Morgan fingerprint density at radius 2 is 1.59 bits per heavy atom. The van der Waals surface area contributed by atoms with Crippen LogP contribution >= 0.6 is 0 Å². The molecule has 4 rings (SSSR count). The Balaban J connectivity index is 1.79. The van der Waals surface area contributed by atoms with Crippen molar-refractivity contribution in [2.75, 3.05) is 38.7 Å². The molecule has 0 aliphatic carbocycles. The zero-order valence-electron chi connectivity index (χ0n) is 16.4. The number of para-hydroxylation sites is 1. The molecular weight excluding hydrogens is 334 g/mol. The van der Waals surface area contributed by atoms with Crippen LogP contribution in [0.25, 0.3) is 0 Å². The van der Waals surface area contributed by atoms with Crippen molar-refractivity contribution in [3.05, 3.63) is 65.7 Å². The van der Waals surface area contributed by atoms with Crippen LogP contribution in [0.1, 0.15) is 36.8 Å². The lowest BCUT2D eigenvalue weighted by molar-refractivity contribution is -0.124. The molecule has 4 nitrogen and oxygen atoms in total. The molecule has 1 atom stereocenters. The fourth-order valence-electron chi connectivity index (χ4n) is 4.72. The van der Waals surface area contributed by atoms with Gasteiger partial charge >= 0.3 is 0 Å². The number of carbonyl (C=O) groups excluding carboxylic acids is 1. The molecule has 4 heteroatoms. The highest BCUT2D eigenvalue weighted by Gasteiger charge is 2.52. The van der Waals surface area contributed by atoms with Crippen molar-refractivity contribution >= 4 is 11.6 Å². The van der Waals surface area contributed by atoms with Gasteiger partial charge in [-0.3, -0.25) is 4.79 Å². The summed E-state index contributed by atoms with van der Waals surface area (Å²) >= 11 is 0. The molecule has 1 saturated heterocycles. The van der Waals surface area contributed by atoms with Gasteiger partial charge in [0.15, 0.2) is 0 Å².